The Labute approximate surface area is 103 Å². The van der Waals surface area contributed by atoms with Crippen molar-refractivity contribution in [3.63, 3.8) is 0 Å². The van der Waals surface area contributed by atoms with Gasteiger partial charge >= 0.3 is 0 Å². The minimum absolute atomic E-state index is 0.00303. The normalized spacial score (nSPS) is 13.7. The maximum atomic E-state index is 13.0. The lowest BCUT2D eigenvalue weighted by Crippen LogP contribution is -2.41. The van der Waals surface area contributed by atoms with Crippen LogP contribution in [0.25, 0.3) is 0 Å². The van der Waals surface area contributed by atoms with Gasteiger partial charge in [0.15, 0.2) is 0 Å². The standard InChI is InChI=1S/C14H22FNO/c1-4-8-14(2,3)16-10-13(17)11-6-5-7-12(15)9-11/h5-7,9,13,16-17H,4,8,10H2,1-3H3. The second kappa shape index (κ2) is 6.12. The zero-order valence-electron chi connectivity index (χ0n) is 10.8. The SMILES string of the molecule is CCCC(C)(C)NCC(O)c1cccc(F)c1. The van der Waals surface area contributed by atoms with Crippen LogP contribution in [0.1, 0.15) is 45.3 Å². The van der Waals surface area contributed by atoms with Gasteiger partial charge in [-0.05, 0) is 38.0 Å². The zero-order chi connectivity index (χ0) is 12.9. The van der Waals surface area contributed by atoms with E-state index in [1.807, 2.05) is 0 Å². The fourth-order valence-electron chi connectivity index (χ4n) is 1.92. The van der Waals surface area contributed by atoms with E-state index in [1.54, 1.807) is 12.1 Å². The van der Waals surface area contributed by atoms with E-state index >= 15 is 0 Å². The molecule has 0 heterocycles. The molecule has 17 heavy (non-hydrogen) atoms. The molecular formula is C14H22FNO. The van der Waals surface area contributed by atoms with E-state index in [1.165, 1.54) is 12.1 Å². The van der Waals surface area contributed by atoms with Crippen LogP contribution in [0.2, 0.25) is 0 Å². The fraction of sp³-hybridized carbons (Fsp3) is 0.571. The zero-order valence-corrected chi connectivity index (χ0v) is 10.8. The molecule has 0 saturated carbocycles. The van der Waals surface area contributed by atoms with Crippen LogP contribution in [0.3, 0.4) is 0 Å². The summed E-state index contributed by atoms with van der Waals surface area (Å²) in [6.07, 6.45) is 1.47. The van der Waals surface area contributed by atoms with Gasteiger partial charge in [0.05, 0.1) is 6.10 Å². The lowest BCUT2D eigenvalue weighted by Gasteiger charge is -2.27. The number of rotatable bonds is 6. The van der Waals surface area contributed by atoms with Crippen molar-refractivity contribution in [3.05, 3.63) is 35.6 Å². The van der Waals surface area contributed by atoms with Crippen molar-refractivity contribution in [1.29, 1.82) is 0 Å². The van der Waals surface area contributed by atoms with Crippen LogP contribution in [0, 0.1) is 5.82 Å². The third-order valence-electron chi connectivity index (χ3n) is 2.88. The summed E-state index contributed by atoms with van der Waals surface area (Å²) in [5.74, 6) is -0.311. The molecule has 96 valence electrons. The molecule has 3 heteroatoms. The van der Waals surface area contributed by atoms with E-state index < -0.39 is 6.10 Å². The first kappa shape index (κ1) is 14.1. The molecule has 0 aliphatic carbocycles. The van der Waals surface area contributed by atoms with E-state index in [0.717, 1.165) is 12.8 Å². The Bertz CT molecular complexity index is 352. The lowest BCUT2D eigenvalue weighted by molar-refractivity contribution is 0.158. The molecule has 0 aromatic heterocycles. The minimum atomic E-state index is -0.665. The number of hydrogen-bond acceptors (Lipinski definition) is 2. The van der Waals surface area contributed by atoms with Gasteiger partial charge in [-0.15, -0.1) is 0 Å². The van der Waals surface area contributed by atoms with Crippen LogP contribution < -0.4 is 5.32 Å². The maximum Gasteiger partial charge on any atom is 0.123 e. The van der Waals surface area contributed by atoms with Crippen molar-refractivity contribution in [2.45, 2.75) is 45.3 Å². The number of aliphatic hydroxyl groups is 1. The Morgan fingerprint density at radius 3 is 2.71 bits per heavy atom. The molecule has 1 rings (SSSR count). The first-order valence-electron chi connectivity index (χ1n) is 6.13. The van der Waals surface area contributed by atoms with Crippen LogP contribution >= 0.6 is 0 Å². The Morgan fingerprint density at radius 1 is 1.41 bits per heavy atom. The summed E-state index contributed by atoms with van der Waals surface area (Å²) in [4.78, 5) is 0. The second-order valence-electron chi connectivity index (χ2n) is 5.09. The predicted molar refractivity (Wildman–Crippen MR) is 68.3 cm³/mol. The molecular weight excluding hydrogens is 217 g/mol. The van der Waals surface area contributed by atoms with Crippen molar-refractivity contribution < 1.29 is 9.50 Å². The molecule has 2 N–H and O–H groups in total. The van der Waals surface area contributed by atoms with Gasteiger partial charge in [-0.3, -0.25) is 0 Å². The highest BCUT2D eigenvalue weighted by Crippen LogP contribution is 2.16. The average molecular weight is 239 g/mol. The van der Waals surface area contributed by atoms with E-state index in [4.69, 9.17) is 0 Å². The molecule has 1 atom stereocenters. The number of aliphatic hydroxyl groups excluding tert-OH is 1. The van der Waals surface area contributed by atoms with Crippen LogP contribution in [0.5, 0.6) is 0 Å². The van der Waals surface area contributed by atoms with Crippen LogP contribution in [-0.4, -0.2) is 17.2 Å². The van der Waals surface area contributed by atoms with Crippen molar-refractivity contribution in [2.75, 3.05) is 6.54 Å². The molecule has 1 aromatic rings. The van der Waals surface area contributed by atoms with Crippen LogP contribution in [0.15, 0.2) is 24.3 Å². The van der Waals surface area contributed by atoms with Crippen LogP contribution in [0.4, 0.5) is 4.39 Å². The van der Waals surface area contributed by atoms with E-state index in [9.17, 15) is 9.50 Å². The van der Waals surface area contributed by atoms with Gasteiger partial charge in [0.1, 0.15) is 5.82 Å². The summed E-state index contributed by atoms with van der Waals surface area (Å²) in [6.45, 7) is 6.78. The molecule has 2 nitrogen and oxygen atoms in total. The molecule has 0 bridgehead atoms. The number of halogens is 1. The fourth-order valence-corrected chi connectivity index (χ4v) is 1.92. The second-order valence-corrected chi connectivity index (χ2v) is 5.09. The molecule has 0 radical (unpaired) electrons. The summed E-state index contributed by atoms with van der Waals surface area (Å²) in [6, 6.07) is 6.11. The molecule has 0 saturated heterocycles. The summed E-state index contributed by atoms with van der Waals surface area (Å²) >= 11 is 0. The Kier molecular flexibility index (Phi) is 5.09. The summed E-state index contributed by atoms with van der Waals surface area (Å²) in [5.41, 5.74) is 0.619. The summed E-state index contributed by atoms with van der Waals surface area (Å²) < 4.78 is 13.0. The summed E-state index contributed by atoms with van der Waals surface area (Å²) in [5, 5.41) is 13.3. The monoisotopic (exact) mass is 239 g/mol. The van der Waals surface area contributed by atoms with Crippen molar-refractivity contribution in [1.82, 2.24) is 5.32 Å². The number of hydrogen-bond donors (Lipinski definition) is 2. The van der Waals surface area contributed by atoms with Gasteiger partial charge in [0.25, 0.3) is 0 Å². The van der Waals surface area contributed by atoms with Gasteiger partial charge in [-0.2, -0.15) is 0 Å². The van der Waals surface area contributed by atoms with E-state index in [-0.39, 0.29) is 11.4 Å². The molecule has 0 aliphatic heterocycles. The third-order valence-corrected chi connectivity index (χ3v) is 2.88. The number of β-amino-alcohol motifs (C(OH)–C–C–N with tert-alkyl or cyclic N) is 1. The van der Waals surface area contributed by atoms with E-state index in [2.05, 4.69) is 26.1 Å². The lowest BCUT2D eigenvalue weighted by atomic mass is 9.98. The highest BCUT2D eigenvalue weighted by molar-refractivity contribution is 5.19. The molecule has 0 aliphatic rings. The van der Waals surface area contributed by atoms with Gasteiger partial charge in [0, 0.05) is 12.1 Å². The van der Waals surface area contributed by atoms with Crippen molar-refractivity contribution in [2.24, 2.45) is 0 Å². The Hall–Kier alpha value is -0.930. The molecule has 1 aromatic carbocycles. The Morgan fingerprint density at radius 2 is 2.12 bits per heavy atom. The Balaban J connectivity index is 2.52. The average Bonchev–Trinajstić information content (AvgIpc) is 2.26. The predicted octanol–water partition coefficient (Wildman–Crippen LogP) is 3.03. The maximum absolute atomic E-state index is 13.0. The van der Waals surface area contributed by atoms with Crippen LogP contribution in [-0.2, 0) is 0 Å². The van der Waals surface area contributed by atoms with Gasteiger partial charge in [-0.1, -0.05) is 25.5 Å². The van der Waals surface area contributed by atoms with Gasteiger partial charge in [0.2, 0.25) is 0 Å². The summed E-state index contributed by atoms with van der Waals surface area (Å²) in [7, 11) is 0. The van der Waals surface area contributed by atoms with Gasteiger partial charge < -0.3 is 10.4 Å². The highest BCUT2D eigenvalue weighted by atomic mass is 19.1. The smallest absolute Gasteiger partial charge is 0.123 e. The van der Waals surface area contributed by atoms with Gasteiger partial charge in [-0.25, -0.2) is 4.39 Å². The first-order valence-corrected chi connectivity index (χ1v) is 6.13. The molecule has 0 spiro atoms. The topological polar surface area (TPSA) is 32.3 Å². The van der Waals surface area contributed by atoms with Crippen molar-refractivity contribution >= 4 is 0 Å². The van der Waals surface area contributed by atoms with Crippen molar-refractivity contribution in [3.8, 4) is 0 Å². The van der Waals surface area contributed by atoms with E-state index in [0.29, 0.717) is 12.1 Å². The molecule has 0 fully saturated rings. The third kappa shape index (κ3) is 4.84. The molecule has 1 unspecified atom stereocenters. The highest BCUT2D eigenvalue weighted by Gasteiger charge is 2.17. The quantitative estimate of drug-likeness (QED) is 0.799. The number of nitrogens with one attached hydrogen (secondary N) is 1. The largest absolute Gasteiger partial charge is 0.387 e. The molecule has 0 amide bonds. The number of benzene rings is 1. The minimum Gasteiger partial charge on any atom is -0.387 e. The first-order chi connectivity index (χ1) is 7.94.